The minimum Gasteiger partial charge on any atom is -0.550 e. The molecular weight excluding hydrogens is 252 g/mol. The van der Waals surface area contributed by atoms with Gasteiger partial charge < -0.3 is 35.9 Å². The molecule has 9 heteroatoms. The van der Waals surface area contributed by atoms with Gasteiger partial charge in [0.25, 0.3) is 0 Å². The van der Waals surface area contributed by atoms with E-state index in [1.807, 2.05) is 0 Å². The van der Waals surface area contributed by atoms with Crippen molar-refractivity contribution >= 4 is 17.9 Å². The number of quaternary nitrogens is 1. The molecule has 0 fully saturated rings. The Hall–Kier alpha value is -1.62. The first kappa shape index (κ1) is 29.2. The minimum absolute atomic E-state index is 0. The summed E-state index contributed by atoms with van der Waals surface area (Å²) in [6.45, 7) is 1.94. The fourth-order valence-corrected chi connectivity index (χ4v) is 0. The van der Waals surface area contributed by atoms with Crippen molar-refractivity contribution in [3.05, 3.63) is 0 Å². The Labute approximate surface area is 96.6 Å². The van der Waals surface area contributed by atoms with E-state index in [1.165, 1.54) is 0 Å². The van der Waals surface area contributed by atoms with Gasteiger partial charge in [-0.15, -0.1) is 0 Å². The zero-order valence-corrected chi connectivity index (χ0v) is 9.35. The Morgan fingerprint density at radius 1 is 1.00 bits per heavy atom. The molecule has 0 spiro atoms. The first-order valence-electron chi connectivity index (χ1n) is 2.70. The molecule has 88 valence electrons. The van der Waals surface area contributed by atoms with Crippen LogP contribution in [0.5, 0.6) is 0 Å². The topological polar surface area (TPSA) is 181 Å². The zero-order valence-electron chi connectivity index (χ0n) is 8.25. The Balaban J connectivity index is -0.0000000315. The van der Waals surface area contributed by atoms with Crippen molar-refractivity contribution in [1.29, 1.82) is 5.26 Å². The second kappa shape index (κ2) is 22.8. The molecule has 0 unspecified atom stereocenters. The summed E-state index contributed by atoms with van der Waals surface area (Å²) >= 11 is 0. The van der Waals surface area contributed by atoms with Crippen molar-refractivity contribution in [3.63, 3.8) is 0 Å². The Bertz CT molecular complexity index is 204. The van der Waals surface area contributed by atoms with E-state index in [9.17, 15) is 0 Å². The van der Waals surface area contributed by atoms with Crippen LogP contribution in [-0.2, 0) is 31.5 Å². The molecule has 0 saturated carbocycles. The van der Waals surface area contributed by atoms with Crippen LogP contribution in [0.2, 0.25) is 0 Å². The van der Waals surface area contributed by atoms with Gasteiger partial charge in [-0.05, 0) is 13.8 Å². The fourth-order valence-electron chi connectivity index (χ4n) is 0. The molecule has 0 bridgehead atoms. The monoisotopic (exact) mass is 262 g/mol. The third-order valence-corrected chi connectivity index (χ3v) is 0.0913. The fraction of sp³-hybridized carbons (Fsp3) is 0.333. The van der Waals surface area contributed by atoms with Gasteiger partial charge in [0.2, 0.25) is 0 Å². The summed E-state index contributed by atoms with van der Waals surface area (Å²) in [5.41, 5.74) is 0. The summed E-state index contributed by atoms with van der Waals surface area (Å²) < 4.78 is 0. The smallest absolute Gasteiger partial charge is 0.550 e. The van der Waals surface area contributed by atoms with Gasteiger partial charge >= 0.3 is 17.1 Å². The maximum atomic E-state index is 8.90. The standard InChI is InChI=1S/C2HNO2.2C2H4O2.Fe.H3N/c3-1-2(4)5;2*1-2(3)4;;/h(H,4,5);2*1H3,(H,3,4);;1H3/q;;;+2;/p-2. The van der Waals surface area contributed by atoms with Crippen LogP contribution >= 0.6 is 0 Å². The van der Waals surface area contributed by atoms with E-state index in [0.29, 0.717) is 0 Å². The number of carboxylic acids is 3. The number of nitrogens with zero attached hydrogens (tertiary/aromatic N) is 1. The van der Waals surface area contributed by atoms with Crippen LogP contribution in [0.3, 0.4) is 0 Å². The first-order valence-corrected chi connectivity index (χ1v) is 2.70. The SMILES string of the molecule is CC(=O)[O-].CC(=O)[O-].N#CC(=O)[O-].[Fe+2].[NH4+]. The number of carboxylic acid groups (broad SMARTS) is 3. The third-order valence-electron chi connectivity index (χ3n) is 0.0913. The van der Waals surface area contributed by atoms with Crippen LogP contribution < -0.4 is 21.5 Å². The Kier molecular flexibility index (Phi) is 44.4. The predicted molar refractivity (Wildman–Crippen MR) is 38.0 cm³/mol. The molecule has 0 atom stereocenters. The van der Waals surface area contributed by atoms with E-state index in [4.69, 9.17) is 35.0 Å². The summed E-state index contributed by atoms with van der Waals surface area (Å²) in [4.78, 5) is 26.7. The molecular formula is C6H10FeN2O6. The zero-order chi connectivity index (χ0) is 11.4. The van der Waals surface area contributed by atoms with Crippen molar-refractivity contribution in [1.82, 2.24) is 6.15 Å². The summed E-state index contributed by atoms with van der Waals surface area (Å²) in [5, 5.41) is 33.9. The number of hydrogen-bond donors (Lipinski definition) is 1. The Morgan fingerprint density at radius 3 is 1.07 bits per heavy atom. The van der Waals surface area contributed by atoms with Gasteiger partial charge in [-0.2, -0.15) is 5.26 Å². The molecule has 0 aromatic rings. The molecule has 0 aliphatic rings. The summed E-state index contributed by atoms with van der Waals surface area (Å²) in [6.07, 6.45) is 0. The second-order valence-corrected chi connectivity index (χ2v) is 1.38. The number of rotatable bonds is 0. The minimum atomic E-state index is -1.69. The van der Waals surface area contributed by atoms with Gasteiger partial charge in [0.05, 0.1) is 0 Å². The number of aliphatic carboxylic acids is 3. The van der Waals surface area contributed by atoms with Crippen LogP contribution in [0.25, 0.3) is 0 Å². The molecule has 0 saturated heterocycles. The predicted octanol–water partition coefficient (Wildman–Crippen LogP) is -3.85. The van der Waals surface area contributed by atoms with Crippen molar-refractivity contribution in [3.8, 4) is 6.07 Å². The molecule has 0 aromatic carbocycles. The maximum Gasteiger partial charge on any atom is 2.00 e. The quantitative estimate of drug-likeness (QED) is 0.342. The first-order chi connectivity index (χ1) is 5.73. The van der Waals surface area contributed by atoms with E-state index >= 15 is 0 Å². The van der Waals surface area contributed by atoms with Gasteiger partial charge in [-0.25, -0.2) is 0 Å². The molecule has 15 heavy (non-hydrogen) atoms. The molecule has 0 amide bonds. The second-order valence-electron chi connectivity index (χ2n) is 1.38. The largest absolute Gasteiger partial charge is 2.00 e. The van der Waals surface area contributed by atoms with Gasteiger partial charge in [-0.1, -0.05) is 0 Å². The van der Waals surface area contributed by atoms with Crippen molar-refractivity contribution in [2.24, 2.45) is 0 Å². The van der Waals surface area contributed by atoms with Crippen LogP contribution in [-0.4, -0.2) is 17.9 Å². The van der Waals surface area contributed by atoms with Crippen LogP contribution in [0.1, 0.15) is 13.8 Å². The van der Waals surface area contributed by atoms with E-state index in [-0.39, 0.29) is 23.2 Å². The van der Waals surface area contributed by atoms with Crippen molar-refractivity contribution in [2.45, 2.75) is 13.8 Å². The average Bonchev–Trinajstić information content (AvgIpc) is 1.84. The van der Waals surface area contributed by atoms with Crippen molar-refractivity contribution < 1.29 is 46.8 Å². The van der Waals surface area contributed by atoms with E-state index in [2.05, 4.69) is 0 Å². The van der Waals surface area contributed by atoms with Crippen molar-refractivity contribution in [2.75, 3.05) is 0 Å². The van der Waals surface area contributed by atoms with E-state index in [1.54, 1.807) is 0 Å². The molecule has 0 aliphatic heterocycles. The maximum absolute atomic E-state index is 8.90. The Morgan fingerprint density at radius 2 is 1.07 bits per heavy atom. The molecule has 4 N–H and O–H groups in total. The van der Waals surface area contributed by atoms with Gasteiger partial charge in [0.15, 0.2) is 0 Å². The summed E-state index contributed by atoms with van der Waals surface area (Å²) in [7, 11) is 0. The molecule has 0 heterocycles. The molecule has 8 nitrogen and oxygen atoms in total. The number of hydrogen-bond acceptors (Lipinski definition) is 7. The normalized spacial score (nSPS) is 5.13. The van der Waals surface area contributed by atoms with E-state index in [0.717, 1.165) is 19.9 Å². The van der Waals surface area contributed by atoms with Crippen LogP contribution in [0.15, 0.2) is 0 Å². The summed E-state index contributed by atoms with van der Waals surface area (Å²) in [6, 6.07) is 0.833. The van der Waals surface area contributed by atoms with Crippen LogP contribution in [0.4, 0.5) is 0 Å². The number of carbonyl (C=O) groups excluding carboxylic acids is 3. The molecule has 0 radical (unpaired) electrons. The van der Waals surface area contributed by atoms with Crippen LogP contribution in [0, 0.1) is 11.3 Å². The molecule has 0 rings (SSSR count). The number of nitriles is 1. The van der Waals surface area contributed by atoms with E-state index < -0.39 is 17.9 Å². The molecule has 0 aromatic heterocycles. The third kappa shape index (κ3) is 9260. The average molecular weight is 262 g/mol. The van der Waals surface area contributed by atoms with Gasteiger partial charge in [0.1, 0.15) is 12.0 Å². The van der Waals surface area contributed by atoms with Gasteiger partial charge in [-0.3, -0.25) is 0 Å². The summed E-state index contributed by atoms with van der Waals surface area (Å²) in [5.74, 6) is -3.86. The number of carbonyl (C=O) groups is 3. The molecule has 0 aliphatic carbocycles. The van der Waals surface area contributed by atoms with Gasteiger partial charge in [0, 0.05) is 11.9 Å².